The largest absolute Gasteiger partial charge is 0.356 e. The van der Waals surface area contributed by atoms with E-state index in [2.05, 4.69) is 11.6 Å². The van der Waals surface area contributed by atoms with Crippen LogP contribution in [-0.2, 0) is 4.79 Å². The van der Waals surface area contributed by atoms with Crippen molar-refractivity contribution >= 4 is 17.7 Å². The lowest BCUT2D eigenvalue weighted by Gasteiger charge is -2.17. The molecule has 0 unspecified atom stereocenters. The minimum atomic E-state index is -0.399. The molecule has 0 bridgehead atoms. The average molecular weight is 218 g/mol. The third-order valence-electron chi connectivity index (χ3n) is 1.71. The molecule has 0 aliphatic heterocycles. The van der Waals surface area contributed by atoms with Crippen LogP contribution in [-0.4, -0.2) is 30.0 Å². The van der Waals surface area contributed by atoms with Crippen molar-refractivity contribution in [3.63, 3.8) is 0 Å². The molecule has 84 valence electrons. The highest BCUT2D eigenvalue weighted by molar-refractivity contribution is 7.98. The summed E-state index contributed by atoms with van der Waals surface area (Å²) >= 11 is 1.84. The van der Waals surface area contributed by atoms with Crippen LogP contribution >= 0.6 is 11.8 Å². The number of amides is 1. The van der Waals surface area contributed by atoms with Crippen LogP contribution in [0.15, 0.2) is 0 Å². The number of unbranched alkanes of at least 4 members (excludes halogenated alkanes) is 1. The predicted molar refractivity (Wildman–Crippen MR) is 63.5 cm³/mol. The maximum absolute atomic E-state index is 11.3. The summed E-state index contributed by atoms with van der Waals surface area (Å²) in [5.74, 6) is 1.22. The Morgan fingerprint density at radius 1 is 1.43 bits per heavy atom. The van der Waals surface area contributed by atoms with Gasteiger partial charge in [0.15, 0.2) is 0 Å². The first-order chi connectivity index (χ1) is 6.45. The van der Waals surface area contributed by atoms with Gasteiger partial charge in [0.2, 0.25) is 5.91 Å². The predicted octanol–water partition coefficient (Wildman–Crippen LogP) is 1.37. The van der Waals surface area contributed by atoms with Crippen LogP contribution < -0.4 is 11.1 Å². The molecule has 0 saturated carbocycles. The van der Waals surface area contributed by atoms with Crippen LogP contribution in [0.5, 0.6) is 0 Å². The molecule has 0 radical (unpaired) electrons. The third kappa shape index (κ3) is 9.86. The highest BCUT2D eigenvalue weighted by Gasteiger charge is 2.15. The van der Waals surface area contributed by atoms with Crippen LogP contribution in [0.3, 0.4) is 0 Å². The summed E-state index contributed by atoms with van der Waals surface area (Å²) < 4.78 is 0. The highest BCUT2D eigenvalue weighted by atomic mass is 32.2. The molecule has 0 heterocycles. The van der Waals surface area contributed by atoms with E-state index < -0.39 is 5.54 Å². The Morgan fingerprint density at radius 2 is 2.07 bits per heavy atom. The van der Waals surface area contributed by atoms with Gasteiger partial charge in [0.05, 0.1) is 0 Å². The van der Waals surface area contributed by atoms with Crippen LogP contribution in [0.4, 0.5) is 0 Å². The maximum atomic E-state index is 11.3. The second-order valence-corrected chi connectivity index (χ2v) is 5.20. The molecule has 3 nitrogen and oxygen atoms in total. The topological polar surface area (TPSA) is 55.1 Å². The van der Waals surface area contributed by atoms with Crippen molar-refractivity contribution in [1.29, 1.82) is 0 Å². The second kappa shape index (κ2) is 7.12. The molecule has 0 aromatic carbocycles. The van der Waals surface area contributed by atoms with E-state index in [4.69, 9.17) is 5.73 Å². The van der Waals surface area contributed by atoms with Gasteiger partial charge in [-0.2, -0.15) is 11.8 Å². The minimum Gasteiger partial charge on any atom is -0.356 e. The second-order valence-electron chi connectivity index (χ2n) is 4.22. The van der Waals surface area contributed by atoms with Gasteiger partial charge < -0.3 is 11.1 Å². The molecule has 14 heavy (non-hydrogen) atoms. The molecule has 0 aliphatic carbocycles. The van der Waals surface area contributed by atoms with Crippen molar-refractivity contribution in [2.24, 2.45) is 5.73 Å². The smallest absolute Gasteiger partial charge is 0.221 e. The quantitative estimate of drug-likeness (QED) is 0.635. The minimum absolute atomic E-state index is 0.0571. The summed E-state index contributed by atoms with van der Waals surface area (Å²) in [6.07, 6.45) is 4.70. The Hall–Kier alpha value is -0.220. The zero-order chi connectivity index (χ0) is 11.0. The molecular formula is C10H22N2OS. The molecule has 3 N–H and O–H groups in total. The molecule has 0 atom stereocenters. The van der Waals surface area contributed by atoms with Crippen molar-refractivity contribution < 1.29 is 4.79 Å². The molecule has 1 amide bonds. The SMILES string of the molecule is CSCCCCNC(=O)CC(C)(C)N. The molecule has 4 heteroatoms. The summed E-state index contributed by atoms with van der Waals surface area (Å²) in [4.78, 5) is 11.3. The van der Waals surface area contributed by atoms with Gasteiger partial charge in [0.25, 0.3) is 0 Å². The normalized spacial score (nSPS) is 11.4. The molecule has 0 aromatic heterocycles. The van der Waals surface area contributed by atoms with E-state index in [9.17, 15) is 4.79 Å². The molecule has 0 aliphatic rings. The Balaban J connectivity index is 3.36. The van der Waals surface area contributed by atoms with Crippen molar-refractivity contribution in [2.45, 2.75) is 38.6 Å². The van der Waals surface area contributed by atoms with Gasteiger partial charge in [-0.3, -0.25) is 4.79 Å². The monoisotopic (exact) mass is 218 g/mol. The van der Waals surface area contributed by atoms with Gasteiger partial charge in [-0.1, -0.05) is 0 Å². The maximum Gasteiger partial charge on any atom is 0.221 e. The van der Waals surface area contributed by atoms with E-state index in [0.29, 0.717) is 6.42 Å². The number of carbonyl (C=O) groups is 1. The van der Waals surface area contributed by atoms with Gasteiger partial charge in [-0.25, -0.2) is 0 Å². The first-order valence-corrected chi connectivity index (χ1v) is 6.39. The average Bonchev–Trinajstić information content (AvgIpc) is 2.00. The van der Waals surface area contributed by atoms with Gasteiger partial charge in [0, 0.05) is 18.5 Å². The van der Waals surface area contributed by atoms with E-state index in [1.54, 1.807) is 0 Å². The summed E-state index contributed by atoms with van der Waals surface area (Å²) in [6.45, 7) is 4.50. The number of hydrogen-bond donors (Lipinski definition) is 2. The number of thioether (sulfide) groups is 1. The van der Waals surface area contributed by atoms with E-state index in [0.717, 1.165) is 25.1 Å². The zero-order valence-corrected chi connectivity index (χ0v) is 10.2. The lowest BCUT2D eigenvalue weighted by molar-refractivity contribution is -0.122. The van der Waals surface area contributed by atoms with Crippen molar-refractivity contribution in [3.8, 4) is 0 Å². The lowest BCUT2D eigenvalue weighted by Crippen LogP contribution is -2.39. The standard InChI is InChI=1S/C10H22N2OS/c1-10(2,11)8-9(13)12-6-4-5-7-14-3/h4-8,11H2,1-3H3,(H,12,13). The molecule has 0 aromatic rings. The summed E-state index contributed by atoms with van der Waals surface area (Å²) in [5, 5.41) is 2.87. The number of nitrogens with two attached hydrogens (primary N) is 1. The van der Waals surface area contributed by atoms with E-state index in [1.165, 1.54) is 0 Å². The third-order valence-corrected chi connectivity index (χ3v) is 2.41. The lowest BCUT2D eigenvalue weighted by atomic mass is 10.0. The summed E-state index contributed by atoms with van der Waals surface area (Å²) in [7, 11) is 0. The van der Waals surface area contributed by atoms with E-state index in [1.807, 2.05) is 25.6 Å². The van der Waals surface area contributed by atoms with Gasteiger partial charge in [-0.05, 0) is 38.7 Å². The van der Waals surface area contributed by atoms with Crippen LogP contribution in [0.1, 0.15) is 33.1 Å². The fourth-order valence-electron chi connectivity index (χ4n) is 1.08. The molecule has 0 rings (SSSR count). The van der Waals surface area contributed by atoms with Crippen molar-refractivity contribution in [3.05, 3.63) is 0 Å². The van der Waals surface area contributed by atoms with E-state index >= 15 is 0 Å². The number of carbonyl (C=O) groups excluding carboxylic acids is 1. The first kappa shape index (κ1) is 13.8. The van der Waals surface area contributed by atoms with Crippen molar-refractivity contribution in [1.82, 2.24) is 5.32 Å². The molecule has 0 spiro atoms. The zero-order valence-electron chi connectivity index (χ0n) is 9.43. The first-order valence-electron chi connectivity index (χ1n) is 5.00. The Bertz CT molecular complexity index is 166. The van der Waals surface area contributed by atoms with Gasteiger partial charge in [-0.15, -0.1) is 0 Å². The van der Waals surface area contributed by atoms with Gasteiger partial charge in [0.1, 0.15) is 0 Å². The fraction of sp³-hybridized carbons (Fsp3) is 0.900. The van der Waals surface area contributed by atoms with Crippen LogP contribution in [0, 0.1) is 0 Å². The Kier molecular flexibility index (Phi) is 7.01. The Morgan fingerprint density at radius 3 is 2.57 bits per heavy atom. The molecular weight excluding hydrogens is 196 g/mol. The number of hydrogen-bond acceptors (Lipinski definition) is 3. The molecule has 0 saturated heterocycles. The van der Waals surface area contributed by atoms with Crippen LogP contribution in [0.2, 0.25) is 0 Å². The van der Waals surface area contributed by atoms with Gasteiger partial charge >= 0.3 is 0 Å². The van der Waals surface area contributed by atoms with Crippen LogP contribution in [0.25, 0.3) is 0 Å². The fourth-order valence-corrected chi connectivity index (χ4v) is 1.57. The number of nitrogens with one attached hydrogen (secondary N) is 1. The Labute approximate surface area is 91.2 Å². The van der Waals surface area contributed by atoms with E-state index in [-0.39, 0.29) is 5.91 Å². The summed E-state index contributed by atoms with van der Waals surface area (Å²) in [6, 6.07) is 0. The van der Waals surface area contributed by atoms with Crippen molar-refractivity contribution in [2.75, 3.05) is 18.6 Å². The summed E-state index contributed by atoms with van der Waals surface area (Å²) in [5.41, 5.74) is 5.32. The number of rotatable bonds is 7. The molecule has 0 fully saturated rings. The highest BCUT2D eigenvalue weighted by Crippen LogP contribution is 2.03.